The van der Waals surface area contributed by atoms with E-state index in [1.165, 1.54) is 0 Å². The first kappa shape index (κ1) is 25.6. The van der Waals surface area contributed by atoms with E-state index in [-0.39, 0.29) is 41.8 Å². The summed E-state index contributed by atoms with van der Waals surface area (Å²) in [5.41, 5.74) is 3.90. The van der Waals surface area contributed by atoms with Crippen LogP contribution in [0.5, 0.6) is 0 Å². The fourth-order valence-electron chi connectivity index (χ4n) is 5.82. The van der Waals surface area contributed by atoms with Crippen molar-refractivity contribution in [2.75, 3.05) is 11.4 Å². The van der Waals surface area contributed by atoms with Crippen LogP contribution in [-0.2, 0) is 9.59 Å². The van der Waals surface area contributed by atoms with Gasteiger partial charge in [0.2, 0.25) is 11.8 Å². The van der Waals surface area contributed by atoms with Crippen LogP contribution in [0, 0.1) is 11.3 Å². The second-order valence-electron chi connectivity index (χ2n) is 11.8. The van der Waals surface area contributed by atoms with Crippen LogP contribution in [0.15, 0.2) is 66.9 Å². The molecule has 5 rings (SSSR count). The minimum Gasteiger partial charge on any atom is -0.330 e. The summed E-state index contributed by atoms with van der Waals surface area (Å²) in [6, 6.07) is 19.6. The highest BCUT2D eigenvalue weighted by atomic mass is 35.5. The zero-order valence-corrected chi connectivity index (χ0v) is 22.9. The molecule has 0 N–H and O–H groups in total. The number of benzene rings is 2. The minimum absolute atomic E-state index is 0.0754. The van der Waals surface area contributed by atoms with Crippen molar-refractivity contribution in [2.24, 2.45) is 11.3 Å². The molecule has 1 saturated carbocycles. The highest BCUT2D eigenvalue weighted by molar-refractivity contribution is 6.30. The average Bonchev–Trinajstić information content (AvgIpc) is 3.55. The normalized spacial score (nSPS) is 17.6. The number of carbonyl (C=O) groups is 2. The zero-order chi connectivity index (χ0) is 26.3. The summed E-state index contributed by atoms with van der Waals surface area (Å²) < 4.78 is 2.14. The molecule has 0 spiro atoms. The average molecular weight is 518 g/mol. The lowest BCUT2D eigenvalue weighted by atomic mass is 9.84. The Labute approximate surface area is 225 Å². The predicted molar refractivity (Wildman–Crippen MR) is 149 cm³/mol. The summed E-state index contributed by atoms with van der Waals surface area (Å²) >= 11 is 6.40. The topological polar surface area (TPSA) is 45.6 Å². The van der Waals surface area contributed by atoms with Crippen LogP contribution in [0.3, 0.4) is 0 Å². The van der Waals surface area contributed by atoms with Crippen LogP contribution in [0.2, 0.25) is 5.02 Å². The Hall–Kier alpha value is -3.05. The lowest BCUT2D eigenvalue weighted by Gasteiger charge is -2.39. The minimum atomic E-state index is -0.341. The molecule has 0 bridgehead atoms. The molecule has 6 heteroatoms. The summed E-state index contributed by atoms with van der Waals surface area (Å²) in [6.45, 7) is 8.83. The summed E-state index contributed by atoms with van der Waals surface area (Å²) in [5, 5.41) is 0.629. The van der Waals surface area contributed by atoms with Gasteiger partial charge in [0, 0.05) is 23.7 Å². The number of halogens is 1. The molecule has 1 aliphatic carbocycles. The van der Waals surface area contributed by atoms with Gasteiger partial charge in [-0.3, -0.25) is 14.5 Å². The van der Waals surface area contributed by atoms with E-state index in [1.54, 1.807) is 0 Å². The summed E-state index contributed by atoms with van der Waals surface area (Å²) in [4.78, 5) is 31.4. The molecule has 0 saturated heterocycles. The van der Waals surface area contributed by atoms with E-state index in [0.717, 1.165) is 41.9 Å². The Morgan fingerprint density at radius 1 is 1.03 bits per heavy atom. The molecule has 2 aliphatic rings. The number of aromatic nitrogens is 1. The number of fused-ring (bicyclic) bond motifs is 3. The Morgan fingerprint density at radius 3 is 2.43 bits per heavy atom. The Balaban J connectivity index is 1.48. The van der Waals surface area contributed by atoms with E-state index < -0.39 is 0 Å². The van der Waals surface area contributed by atoms with Crippen LogP contribution < -0.4 is 4.90 Å². The first-order chi connectivity index (χ1) is 17.6. The monoisotopic (exact) mass is 517 g/mol. The summed E-state index contributed by atoms with van der Waals surface area (Å²) in [6.07, 6.45) is 5.40. The van der Waals surface area contributed by atoms with Crippen molar-refractivity contribution in [3.63, 3.8) is 0 Å². The van der Waals surface area contributed by atoms with Gasteiger partial charge in [-0.1, -0.05) is 63.6 Å². The third-order valence-electron chi connectivity index (χ3n) is 7.25. The third kappa shape index (κ3) is 5.47. The van der Waals surface area contributed by atoms with Gasteiger partial charge in [-0.2, -0.15) is 0 Å². The van der Waals surface area contributed by atoms with Crippen molar-refractivity contribution >= 4 is 29.1 Å². The lowest BCUT2D eigenvalue weighted by molar-refractivity contribution is -0.136. The van der Waals surface area contributed by atoms with Gasteiger partial charge in [0.1, 0.15) is 12.6 Å². The Bertz CT molecular complexity index is 1300. The van der Waals surface area contributed by atoms with Crippen molar-refractivity contribution in [1.29, 1.82) is 0 Å². The number of hydrogen-bond acceptors (Lipinski definition) is 2. The van der Waals surface area contributed by atoms with Crippen molar-refractivity contribution < 1.29 is 9.59 Å². The van der Waals surface area contributed by atoms with E-state index in [1.807, 2.05) is 70.6 Å². The van der Waals surface area contributed by atoms with Gasteiger partial charge in [-0.05, 0) is 72.6 Å². The Kier molecular flexibility index (Phi) is 6.93. The maximum Gasteiger partial charge on any atom is 0.247 e. The van der Waals surface area contributed by atoms with Gasteiger partial charge in [0.05, 0.1) is 17.1 Å². The van der Waals surface area contributed by atoms with Crippen molar-refractivity contribution in [2.45, 2.75) is 65.5 Å². The number of anilines is 1. The summed E-state index contributed by atoms with van der Waals surface area (Å²) in [5.74, 6) is 0.274. The zero-order valence-electron chi connectivity index (χ0n) is 22.2. The van der Waals surface area contributed by atoms with E-state index >= 15 is 0 Å². The maximum absolute atomic E-state index is 14.2. The Morgan fingerprint density at radius 2 is 1.76 bits per heavy atom. The molecule has 194 valence electrons. The van der Waals surface area contributed by atoms with Crippen LogP contribution in [0.25, 0.3) is 5.69 Å². The fraction of sp³-hybridized carbons (Fsp3) is 0.419. The number of amides is 2. The van der Waals surface area contributed by atoms with E-state index in [9.17, 15) is 9.59 Å². The largest absolute Gasteiger partial charge is 0.330 e. The molecule has 3 aromatic rings. The van der Waals surface area contributed by atoms with Gasteiger partial charge >= 0.3 is 0 Å². The van der Waals surface area contributed by atoms with Crippen molar-refractivity contribution in [3.05, 3.63) is 83.1 Å². The van der Waals surface area contributed by atoms with E-state index in [2.05, 4.69) is 38.3 Å². The second kappa shape index (κ2) is 10.0. The first-order valence-electron chi connectivity index (χ1n) is 13.3. The molecule has 2 aromatic carbocycles. The molecular weight excluding hydrogens is 482 g/mol. The quantitative estimate of drug-likeness (QED) is 0.338. The highest BCUT2D eigenvalue weighted by Crippen LogP contribution is 2.43. The molecule has 1 fully saturated rings. The smallest absolute Gasteiger partial charge is 0.247 e. The standard InChI is InChI=1S/C31H36ClN3O2/c1-21(19-31(2,3)4)17-28(36)34(24-14-15-24)20-29(37)35-26-12-6-5-11-25(26)33-16-8-13-27(33)30(35)22-9-7-10-23(32)18-22/h5-13,16,18,21,24,30H,14-15,17,19-20H2,1-4H3/t21-,30+/m0/s1. The number of para-hydroxylation sites is 2. The van der Waals surface area contributed by atoms with Crippen LogP contribution in [-0.4, -0.2) is 33.9 Å². The molecular formula is C31H36ClN3O2. The molecule has 2 amide bonds. The summed E-state index contributed by atoms with van der Waals surface area (Å²) in [7, 11) is 0. The van der Waals surface area contributed by atoms with Gasteiger partial charge in [0.15, 0.2) is 0 Å². The predicted octanol–water partition coefficient (Wildman–Crippen LogP) is 7.02. The molecule has 0 radical (unpaired) electrons. The second-order valence-corrected chi connectivity index (χ2v) is 12.3. The third-order valence-corrected chi connectivity index (χ3v) is 7.49. The molecule has 2 atom stereocenters. The molecule has 37 heavy (non-hydrogen) atoms. The van der Waals surface area contributed by atoms with Crippen LogP contribution in [0.4, 0.5) is 5.69 Å². The van der Waals surface area contributed by atoms with Crippen LogP contribution >= 0.6 is 11.6 Å². The van der Waals surface area contributed by atoms with Gasteiger partial charge in [-0.15, -0.1) is 0 Å². The number of rotatable bonds is 7. The molecule has 1 aliphatic heterocycles. The van der Waals surface area contributed by atoms with E-state index in [4.69, 9.17) is 11.6 Å². The first-order valence-corrected chi connectivity index (χ1v) is 13.6. The number of hydrogen-bond donors (Lipinski definition) is 0. The molecule has 5 nitrogen and oxygen atoms in total. The van der Waals surface area contributed by atoms with Crippen molar-refractivity contribution in [1.82, 2.24) is 9.47 Å². The molecule has 2 heterocycles. The lowest BCUT2D eigenvalue weighted by Crippen LogP contribution is -2.47. The van der Waals surface area contributed by atoms with Crippen molar-refractivity contribution in [3.8, 4) is 5.69 Å². The van der Waals surface area contributed by atoms with Gasteiger partial charge < -0.3 is 9.47 Å². The van der Waals surface area contributed by atoms with Gasteiger partial charge in [-0.25, -0.2) is 0 Å². The maximum atomic E-state index is 14.2. The van der Waals surface area contributed by atoms with Crippen LogP contribution in [0.1, 0.15) is 70.7 Å². The fourth-order valence-corrected chi connectivity index (χ4v) is 6.01. The SMILES string of the molecule is C[C@@H](CC(=O)N(CC(=O)N1c2ccccc2-n2cccc2[C@H]1c1cccc(Cl)c1)C1CC1)CC(C)(C)C. The highest BCUT2D eigenvalue weighted by Gasteiger charge is 2.40. The van der Waals surface area contributed by atoms with E-state index in [0.29, 0.717) is 11.4 Å². The number of nitrogens with zero attached hydrogens (tertiary/aromatic N) is 3. The molecule has 0 unspecified atom stereocenters. The van der Waals surface area contributed by atoms with Gasteiger partial charge in [0.25, 0.3) is 0 Å². The molecule has 1 aromatic heterocycles. The number of carbonyl (C=O) groups excluding carboxylic acids is 2.